The summed E-state index contributed by atoms with van der Waals surface area (Å²) >= 11 is 0. The van der Waals surface area contributed by atoms with Crippen molar-refractivity contribution >= 4 is 11.9 Å². The molecule has 0 bridgehead atoms. The van der Waals surface area contributed by atoms with Gasteiger partial charge in [-0.2, -0.15) is 0 Å². The molecule has 94 valence electrons. The van der Waals surface area contributed by atoms with Crippen molar-refractivity contribution in [2.45, 2.75) is 39.3 Å². The highest BCUT2D eigenvalue weighted by atomic mass is 16.5. The Labute approximate surface area is 97.1 Å². The van der Waals surface area contributed by atoms with Crippen LogP contribution < -0.4 is 5.32 Å². The van der Waals surface area contributed by atoms with E-state index in [1.165, 1.54) is 12.0 Å². The van der Waals surface area contributed by atoms with E-state index in [0.29, 0.717) is 0 Å². The van der Waals surface area contributed by atoms with Gasteiger partial charge in [-0.25, -0.2) is 0 Å². The highest BCUT2D eigenvalue weighted by Crippen LogP contribution is 2.10. The van der Waals surface area contributed by atoms with Crippen LogP contribution in [0.3, 0.4) is 0 Å². The topological polar surface area (TPSA) is 58.6 Å². The summed E-state index contributed by atoms with van der Waals surface area (Å²) in [6.45, 7) is 7.28. The molecule has 1 amide bonds. The lowest BCUT2D eigenvalue weighted by molar-refractivity contribution is -0.150. The van der Waals surface area contributed by atoms with E-state index in [1.54, 1.807) is 20.9 Å². The third-order valence-corrected chi connectivity index (χ3v) is 2.57. The maximum absolute atomic E-state index is 12.1. The average molecular weight is 230 g/mol. The van der Waals surface area contributed by atoms with Crippen molar-refractivity contribution in [2.75, 3.05) is 20.7 Å². The molecule has 0 aliphatic heterocycles. The van der Waals surface area contributed by atoms with E-state index in [4.69, 9.17) is 0 Å². The number of carbonyl (C=O) groups is 2. The summed E-state index contributed by atoms with van der Waals surface area (Å²) < 4.78 is 4.57. The molecule has 0 aromatic heterocycles. The molecule has 0 aromatic rings. The van der Waals surface area contributed by atoms with Gasteiger partial charge in [0.1, 0.15) is 6.54 Å². The van der Waals surface area contributed by atoms with Crippen LogP contribution in [-0.2, 0) is 14.3 Å². The fraction of sp³-hybridized carbons (Fsp3) is 0.818. The maximum Gasteiger partial charge on any atom is 0.325 e. The summed E-state index contributed by atoms with van der Waals surface area (Å²) in [5, 5.41) is 2.92. The number of methoxy groups -OCH3 is 1. The van der Waals surface area contributed by atoms with Crippen LogP contribution in [0, 0.1) is 0 Å². The van der Waals surface area contributed by atoms with Crippen molar-refractivity contribution in [3.05, 3.63) is 0 Å². The van der Waals surface area contributed by atoms with Crippen LogP contribution >= 0.6 is 0 Å². The molecule has 5 heteroatoms. The van der Waals surface area contributed by atoms with Gasteiger partial charge < -0.3 is 15.0 Å². The minimum Gasteiger partial charge on any atom is -0.468 e. The molecule has 0 aromatic carbocycles. The van der Waals surface area contributed by atoms with Crippen LogP contribution in [0.5, 0.6) is 0 Å². The van der Waals surface area contributed by atoms with Crippen molar-refractivity contribution < 1.29 is 14.3 Å². The lowest BCUT2D eigenvalue weighted by atomic mass is 10.0. The van der Waals surface area contributed by atoms with Gasteiger partial charge in [0.2, 0.25) is 5.91 Å². The molecular weight excluding hydrogens is 208 g/mol. The molecule has 0 radical (unpaired) electrons. The second kappa shape index (κ2) is 5.84. The lowest BCUT2D eigenvalue weighted by Gasteiger charge is -2.33. The van der Waals surface area contributed by atoms with Gasteiger partial charge in [-0.3, -0.25) is 9.59 Å². The van der Waals surface area contributed by atoms with Gasteiger partial charge in [-0.1, -0.05) is 0 Å². The summed E-state index contributed by atoms with van der Waals surface area (Å²) in [4.78, 5) is 24.9. The lowest BCUT2D eigenvalue weighted by Crippen LogP contribution is -2.55. The fourth-order valence-corrected chi connectivity index (χ4v) is 1.16. The Kier molecular flexibility index (Phi) is 5.44. The van der Waals surface area contributed by atoms with E-state index in [-0.39, 0.29) is 18.5 Å². The molecule has 1 N–H and O–H groups in total. The third kappa shape index (κ3) is 3.81. The Hall–Kier alpha value is -1.10. The molecule has 0 aliphatic carbocycles. The number of nitrogens with one attached hydrogen (secondary N) is 1. The highest BCUT2D eigenvalue weighted by Gasteiger charge is 2.32. The average Bonchev–Trinajstić information content (AvgIpc) is 2.23. The molecule has 0 rings (SSSR count). The first-order valence-electron chi connectivity index (χ1n) is 5.33. The molecule has 0 saturated heterocycles. The molecule has 16 heavy (non-hydrogen) atoms. The van der Waals surface area contributed by atoms with Gasteiger partial charge in [-0.15, -0.1) is 0 Å². The summed E-state index contributed by atoms with van der Waals surface area (Å²) in [5.74, 6) is -0.524. The van der Waals surface area contributed by atoms with Crippen molar-refractivity contribution in [3.63, 3.8) is 0 Å². The SMILES string of the molecule is CNC(C)(C)C(=O)N(CC(=O)OC)C(C)C. The van der Waals surface area contributed by atoms with Crippen molar-refractivity contribution in [1.82, 2.24) is 10.2 Å². The van der Waals surface area contributed by atoms with E-state index in [1.807, 2.05) is 13.8 Å². The highest BCUT2D eigenvalue weighted by molar-refractivity contribution is 5.88. The second-order valence-electron chi connectivity index (χ2n) is 4.48. The first kappa shape index (κ1) is 14.9. The molecule has 0 unspecified atom stereocenters. The van der Waals surface area contributed by atoms with Gasteiger partial charge >= 0.3 is 5.97 Å². The third-order valence-electron chi connectivity index (χ3n) is 2.57. The first-order valence-corrected chi connectivity index (χ1v) is 5.33. The van der Waals surface area contributed by atoms with E-state index in [0.717, 1.165) is 0 Å². The standard InChI is InChI=1S/C11H22N2O3/c1-8(2)13(7-9(14)16-6)10(15)11(3,4)12-5/h8,12H,7H2,1-6H3. The number of nitrogens with zero attached hydrogens (tertiary/aromatic N) is 1. The number of hydrogen-bond donors (Lipinski definition) is 1. The molecule has 5 nitrogen and oxygen atoms in total. The van der Waals surface area contributed by atoms with Gasteiger partial charge in [0.05, 0.1) is 12.6 Å². The van der Waals surface area contributed by atoms with E-state index >= 15 is 0 Å². The minimum absolute atomic E-state index is 0.0158. The Morgan fingerprint density at radius 3 is 2.19 bits per heavy atom. The Morgan fingerprint density at radius 2 is 1.88 bits per heavy atom. The predicted molar refractivity (Wildman–Crippen MR) is 62.0 cm³/mol. The molecular formula is C11H22N2O3. The zero-order valence-corrected chi connectivity index (χ0v) is 11.0. The Morgan fingerprint density at radius 1 is 1.38 bits per heavy atom. The van der Waals surface area contributed by atoms with Gasteiger partial charge in [0.25, 0.3) is 0 Å². The summed E-state index contributed by atoms with van der Waals surface area (Å²) in [5.41, 5.74) is -0.682. The number of amides is 1. The summed E-state index contributed by atoms with van der Waals surface area (Å²) in [6.07, 6.45) is 0. The summed E-state index contributed by atoms with van der Waals surface area (Å²) in [6, 6.07) is -0.0424. The van der Waals surface area contributed by atoms with Crippen LogP contribution in [0.4, 0.5) is 0 Å². The van der Waals surface area contributed by atoms with E-state index < -0.39 is 11.5 Å². The molecule has 0 saturated carbocycles. The Balaban J connectivity index is 4.80. The largest absolute Gasteiger partial charge is 0.468 e. The number of rotatable bonds is 5. The second-order valence-corrected chi connectivity index (χ2v) is 4.48. The van der Waals surface area contributed by atoms with Crippen LogP contribution in [0.2, 0.25) is 0 Å². The number of esters is 1. The number of ether oxygens (including phenoxy) is 1. The van der Waals surface area contributed by atoms with Crippen LogP contribution in [0.25, 0.3) is 0 Å². The molecule has 0 atom stereocenters. The number of likely N-dealkylation sites (N-methyl/N-ethyl adjacent to an activating group) is 1. The quantitative estimate of drug-likeness (QED) is 0.694. The van der Waals surface area contributed by atoms with Crippen LogP contribution in [0.15, 0.2) is 0 Å². The zero-order valence-electron chi connectivity index (χ0n) is 11.0. The molecule has 0 aliphatic rings. The maximum atomic E-state index is 12.1. The van der Waals surface area contributed by atoms with E-state index in [9.17, 15) is 9.59 Å². The van der Waals surface area contributed by atoms with Crippen molar-refractivity contribution in [1.29, 1.82) is 0 Å². The fourth-order valence-electron chi connectivity index (χ4n) is 1.16. The summed E-state index contributed by atoms with van der Waals surface area (Å²) in [7, 11) is 3.03. The van der Waals surface area contributed by atoms with Gasteiger partial charge in [0, 0.05) is 6.04 Å². The van der Waals surface area contributed by atoms with Crippen molar-refractivity contribution in [3.8, 4) is 0 Å². The monoisotopic (exact) mass is 230 g/mol. The molecule has 0 heterocycles. The number of hydrogen-bond acceptors (Lipinski definition) is 4. The van der Waals surface area contributed by atoms with Gasteiger partial charge in [-0.05, 0) is 34.7 Å². The zero-order chi connectivity index (χ0) is 12.9. The van der Waals surface area contributed by atoms with Crippen LogP contribution in [-0.4, -0.2) is 49.1 Å². The van der Waals surface area contributed by atoms with Crippen molar-refractivity contribution in [2.24, 2.45) is 0 Å². The predicted octanol–water partition coefficient (Wildman–Crippen LogP) is 0.394. The first-order chi connectivity index (χ1) is 7.26. The molecule has 0 spiro atoms. The molecule has 0 fully saturated rings. The number of carbonyl (C=O) groups excluding carboxylic acids is 2. The Bertz CT molecular complexity index is 262. The van der Waals surface area contributed by atoms with E-state index in [2.05, 4.69) is 10.1 Å². The minimum atomic E-state index is -0.682. The normalized spacial score (nSPS) is 11.4. The smallest absolute Gasteiger partial charge is 0.325 e. The van der Waals surface area contributed by atoms with Crippen LogP contribution in [0.1, 0.15) is 27.7 Å². The van der Waals surface area contributed by atoms with Gasteiger partial charge in [0.15, 0.2) is 0 Å².